The van der Waals surface area contributed by atoms with E-state index in [0.29, 0.717) is 10.9 Å². The molecule has 0 saturated carbocycles. The van der Waals surface area contributed by atoms with Crippen LogP contribution in [-0.4, -0.2) is 25.9 Å². The lowest BCUT2D eigenvalue weighted by molar-refractivity contribution is -0.136. The molecular weight excluding hydrogens is 252 g/mol. The number of hydrogen-bond donors (Lipinski definition) is 2. The van der Waals surface area contributed by atoms with E-state index in [9.17, 15) is 4.79 Å². The van der Waals surface area contributed by atoms with E-state index in [2.05, 4.69) is 10.2 Å². The molecule has 6 nitrogen and oxygen atoms in total. The van der Waals surface area contributed by atoms with Gasteiger partial charge in [-0.05, 0) is 11.1 Å². The van der Waals surface area contributed by atoms with Gasteiger partial charge in [-0.3, -0.25) is 4.79 Å². The molecule has 18 heavy (non-hydrogen) atoms. The van der Waals surface area contributed by atoms with Crippen molar-refractivity contribution in [3.63, 3.8) is 0 Å². The van der Waals surface area contributed by atoms with Gasteiger partial charge in [0.1, 0.15) is 6.33 Å². The van der Waals surface area contributed by atoms with Gasteiger partial charge in [0.25, 0.3) is 0 Å². The van der Waals surface area contributed by atoms with Crippen LogP contribution in [0.15, 0.2) is 35.7 Å². The molecule has 7 heteroatoms. The predicted octanol–water partition coefficient (Wildman–Crippen LogP) is 0.911. The second kappa shape index (κ2) is 5.54. The molecule has 94 valence electrons. The van der Waals surface area contributed by atoms with E-state index in [-0.39, 0.29) is 6.42 Å². The Bertz CT molecular complexity index is 538. The Labute approximate surface area is 108 Å². The van der Waals surface area contributed by atoms with Crippen LogP contribution < -0.4 is 5.84 Å². The van der Waals surface area contributed by atoms with E-state index >= 15 is 0 Å². The molecule has 2 aromatic rings. The summed E-state index contributed by atoms with van der Waals surface area (Å²) in [5.74, 6) is 5.48. The zero-order valence-electron chi connectivity index (χ0n) is 9.48. The van der Waals surface area contributed by atoms with Gasteiger partial charge in [0.05, 0.1) is 6.42 Å². The van der Waals surface area contributed by atoms with Crippen molar-refractivity contribution in [2.75, 3.05) is 5.84 Å². The molecule has 2 rings (SSSR count). The highest BCUT2D eigenvalue weighted by atomic mass is 32.2. The average molecular weight is 264 g/mol. The number of thioether (sulfide) groups is 1. The van der Waals surface area contributed by atoms with Crippen molar-refractivity contribution < 1.29 is 9.90 Å². The first-order valence-electron chi connectivity index (χ1n) is 5.22. The molecule has 0 aliphatic heterocycles. The summed E-state index contributed by atoms with van der Waals surface area (Å²) in [7, 11) is 0. The third kappa shape index (κ3) is 3.24. The van der Waals surface area contributed by atoms with Crippen molar-refractivity contribution in [2.24, 2.45) is 0 Å². The molecule has 0 atom stereocenters. The first-order chi connectivity index (χ1) is 8.65. The van der Waals surface area contributed by atoms with Gasteiger partial charge in [0.15, 0.2) is 0 Å². The van der Waals surface area contributed by atoms with Gasteiger partial charge in [0, 0.05) is 5.75 Å². The number of aliphatic carboxylic acids is 1. The number of benzene rings is 1. The van der Waals surface area contributed by atoms with Crippen molar-refractivity contribution in [3.05, 3.63) is 41.7 Å². The second-order valence-corrected chi connectivity index (χ2v) is 4.64. The molecule has 0 spiro atoms. The smallest absolute Gasteiger partial charge is 0.307 e. The van der Waals surface area contributed by atoms with Crippen molar-refractivity contribution in [2.45, 2.75) is 17.3 Å². The van der Waals surface area contributed by atoms with Crippen LogP contribution in [0.1, 0.15) is 11.1 Å². The summed E-state index contributed by atoms with van der Waals surface area (Å²) < 4.78 is 1.36. The number of nitrogens with zero attached hydrogens (tertiary/aromatic N) is 3. The molecule has 1 aromatic carbocycles. The molecular formula is C11H12N4O2S. The Morgan fingerprint density at radius 2 is 2.00 bits per heavy atom. The molecule has 1 heterocycles. The molecule has 0 aliphatic carbocycles. The minimum absolute atomic E-state index is 0.0462. The van der Waals surface area contributed by atoms with Gasteiger partial charge in [-0.1, -0.05) is 36.0 Å². The van der Waals surface area contributed by atoms with Crippen molar-refractivity contribution >= 4 is 17.7 Å². The number of nitrogen functional groups attached to an aromatic ring is 1. The number of carboxylic acids is 1. The highest BCUT2D eigenvalue weighted by Gasteiger charge is 2.04. The molecule has 0 saturated heterocycles. The van der Waals surface area contributed by atoms with Crippen LogP contribution in [0, 0.1) is 0 Å². The second-order valence-electron chi connectivity index (χ2n) is 3.70. The average Bonchev–Trinajstić information content (AvgIpc) is 2.73. The van der Waals surface area contributed by atoms with Gasteiger partial charge in [-0.15, -0.1) is 10.2 Å². The fourth-order valence-electron chi connectivity index (χ4n) is 1.41. The monoisotopic (exact) mass is 264 g/mol. The fourth-order valence-corrected chi connectivity index (χ4v) is 2.20. The normalized spacial score (nSPS) is 10.4. The van der Waals surface area contributed by atoms with Crippen LogP contribution in [0.4, 0.5) is 0 Å². The zero-order chi connectivity index (χ0) is 13.0. The van der Waals surface area contributed by atoms with E-state index < -0.39 is 5.97 Å². The summed E-state index contributed by atoms with van der Waals surface area (Å²) in [6.45, 7) is 0. The quantitative estimate of drug-likeness (QED) is 0.616. The minimum Gasteiger partial charge on any atom is -0.481 e. The minimum atomic E-state index is -0.826. The van der Waals surface area contributed by atoms with Crippen LogP contribution in [0.2, 0.25) is 0 Å². The van der Waals surface area contributed by atoms with Crippen LogP contribution in [0.25, 0.3) is 0 Å². The van der Waals surface area contributed by atoms with Gasteiger partial charge in [-0.25, -0.2) is 4.68 Å². The largest absolute Gasteiger partial charge is 0.481 e. The van der Waals surface area contributed by atoms with Crippen molar-refractivity contribution in [1.29, 1.82) is 0 Å². The first kappa shape index (κ1) is 12.4. The number of carboxylic acid groups (broad SMARTS) is 1. The summed E-state index contributed by atoms with van der Waals surface area (Å²) in [4.78, 5) is 10.5. The van der Waals surface area contributed by atoms with Gasteiger partial charge >= 0.3 is 5.97 Å². The summed E-state index contributed by atoms with van der Waals surface area (Å²) >= 11 is 1.47. The molecule has 0 radical (unpaired) electrons. The lowest BCUT2D eigenvalue weighted by Crippen LogP contribution is -2.07. The molecule has 0 bridgehead atoms. The maximum atomic E-state index is 10.5. The third-order valence-corrected chi connectivity index (χ3v) is 3.31. The SMILES string of the molecule is Nn1cnnc1SCc1ccc(CC(=O)O)cc1. The zero-order valence-corrected chi connectivity index (χ0v) is 10.3. The molecule has 3 N–H and O–H groups in total. The highest BCUT2D eigenvalue weighted by Crippen LogP contribution is 2.19. The molecule has 0 amide bonds. The highest BCUT2D eigenvalue weighted by molar-refractivity contribution is 7.98. The molecule has 0 fully saturated rings. The topological polar surface area (TPSA) is 94.0 Å². The van der Waals surface area contributed by atoms with E-state index in [0.717, 1.165) is 11.1 Å². The van der Waals surface area contributed by atoms with E-state index in [4.69, 9.17) is 10.9 Å². The van der Waals surface area contributed by atoms with E-state index in [1.165, 1.54) is 22.8 Å². The van der Waals surface area contributed by atoms with Gasteiger partial charge in [-0.2, -0.15) is 0 Å². The summed E-state index contributed by atoms with van der Waals surface area (Å²) in [6.07, 6.45) is 1.49. The number of rotatable bonds is 5. The predicted molar refractivity (Wildman–Crippen MR) is 67.5 cm³/mol. The maximum Gasteiger partial charge on any atom is 0.307 e. The van der Waals surface area contributed by atoms with Gasteiger partial charge < -0.3 is 10.9 Å². The standard InChI is InChI=1S/C11H12N4O2S/c12-15-7-13-14-11(15)18-6-9-3-1-8(2-4-9)5-10(16)17/h1-4,7H,5-6,12H2,(H,16,17). The Kier molecular flexibility index (Phi) is 3.83. The Morgan fingerprint density at radius 3 is 2.56 bits per heavy atom. The Morgan fingerprint density at radius 1 is 1.33 bits per heavy atom. The lowest BCUT2D eigenvalue weighted by atomic mass is 10.1. The molecule has 0 aliphatic rings. The Balaban J connectivity index is 1.94. The van der Waals surface area contributed by atoms with Crippen LogP contribution in [0.5, 0.6) is 0 Å². The summed E-state index contributed by atoms with van der Waals surface area (Å²) in [6, 6.07) is 7.44. The number of nitrogens with two attached hydrogens (primary N) is 1. The number of hydrogen-bond acceptors (Lipinski definition) is 5. The van der Waals surface area contributed by atoms with Crippen molar-refractivity contribution in [1.82, 2.24) is 14.9 Å². The first-order valence-corrected chi connectivity index (χ1v) is 6.21. The Hall–Kier alpha value is -2.02. The van der Waals surface area contributed by atoms with Crippen LogP contribution >= 0.6 is 11.8 Å². The molecule has 0 unspecified atom stereocenters. The molecule has 1 aromatic heterocycles. The van der Waals surface area contributed by atoms with Gasteiger partial charge in [0.2, 0.25) is 5.16 Å². The summed E-state index contributed by atoms with van der Waals surface area (Å²) in [5, 5.41) is 16.8. The number of aromatic nitrogens is 3. The fraction of sp³-hybridized carbons (Fsp3) is 0.182. The summed E-state index contributed by atoms with van der Waals surface area (Å²) in [5.41, 5.74) is 1.87. The van der Waals surface area contributed by atoms with E-state index in [1.54, 1.807) is 0 Å². The number of carbonyl (C=O) groups is 1. The van der Waals surface area contributed by atoms with Crippen LogP contribution in [0.3, 0.4) is 0 Å². The third-order valence-electron chi connectivity index (χ3n) is 2.29. The van der Waals surface area contributed by atoms with Crippen molar-refractivity contribution in [3.8, 4) is 0 Å². The maximum absolute atomic E-state index is 10.5. The van der Waals surface area contributed by atoms with E-state index in [1.807, 2.05) is 24.3 Å². The lowest BCUT2D eigenvalue weighted by Gasteiger charge is -2.02. The van der Waals surface area contributed by atoms with Crippen LogP contribution in [-0.2, 0) is 17.0 Å².